The highest BCUT2D eigenvalue weighted by Crippen LogP contribution is 2.24. The van der Waals surface area contributed by atoms with E-state index < -0.39 is 6.10 Å². The molecule has 0 aliphatic heterocycles. The van der Waals surface area contributed by atoms with Crippen molar-refractivity contribution in [1.29, 1.82) is 0 Å². The SMILES string of the molecule is CC(O)c1ccccc1NC(=O)CC(N)CC(C)(C)C. The molecule has 112 valence electrons. The molecular formula is C16H26N2O2. The van der Waals surface area contributed by atoms with Crippen LogP contribution in [0.3, 0.4) is 0 Å². The van der Waals surface area contributed by atoms with Crippen molar-refractivity contribution in [2.24, 2.45) is 11.1 Å². The molecule has 0 aromatic heterocycles. The maximum Gasteiger partial charge on any atom is 0.225 e. The number of hydrogen-bond donors (Lipinski definition) is 3. The Balaban J connectivity index is 2.63. The van der Waals surface area contributed by atoms with Gasteiger partial charge in [0.05, 0.1) is 6.10 Å². The second-order valence-corrected chi connectivity index (χ2v) is 6.54. The summed E-state index contributed by atoms with van der Waals surface area (Å²) in [5.74, 6) is -0.116. The summed E-state index contributed by atoms with van der Waals surface area (Å²) >= 11 is 0. The average molecular weight is 278 g/mol. The number of rotatable bonds is 5. The van der Waals surface area contributed by atoms with Gasteiger partial charge < -0.3 is 16.2 Å². The summed E-state index contributed by atoms with van der Waals surface area (Å²) in [5, 5.41) is 12.5. The number of amides is 1. The Bertz CT molecular complexity index is 450. The molecule has 0 bridgehead atoms. The molecule has 4 nitrogen and oxygen atoms in total. The average Bonchev–Trinajstić information content (AvgIpc) is 2.26. The zero-order valence-corrected chi connectivity index (χ0v) is 12.8. The van der Waals surface area contributed by atoms with Crippen LogP contribution in [-0.4, -0.2) is 17.1 Å². The summed E-state index contributed by atoms with van der Waals surface area (Å²) in [5.41, 5.74) is 7.47. The fourth-order valence-electron chi connectivity index (χ4n) is 2.27. The zero-order valence-electron chi connectivity index (χ0n) is 12.8. The second kappa shape index (κ2) is 6.86. The molecule has 4 heteroatoms. The van der Waals surface area contributed by atoms with Crippen molar-refractivity contribution in [2.75, 3.05) is 5.32 Å². The Hall–Kier alpha value is -1.39. The quantitative estimate of drug-likeness (QED) is 0.775. The first kappa shape index (κ1) is 16.7. The largest absolute Gasteiger partial charge is 0.389 e. The van der Waals surface area contributed by atoms with Gasteiger partial charge in [-0.25, -0.2) is 0 Å². The van der Waals surface area contributed by atoms with Crippen molar-refractivity contribution in [3.8, 4) is 0 Å². The molecule has 0 radical (unpaired) electrons. The third kappa shape index (κ3) is 5.72. The lowest BCUT2D eigenvalue weighted by Crippen LogP contribution is -2.31. The number of nitrogens with two attached hydrogens (primary N) is 1. The van der Waals surface area contributed by atoms with Gasteiger partial charge in [-0.2, -0.15) is 0 Å². The Morgan fingerprint density at radius 3 is 2.50 bits per heavy atom. The fraction of sp³-hybridized carbons (Fsp3) is 0.562. The van der Waals surface area contributed by atoms with Gasteiger partial charge in [-0.1, -0.05) is 39.0 Å². The van der Waals surface area contributed by atoms with Crippen molar-refractivity contribution in [3.63, 3.8) is 0 Å². The monoisotopic (exact) mass is 278 g/mol. The van der Waals surface area contributed by atoms with E-state index in [2.05, 4.69) is 26.1 Å². The first-order valence-electron chi connectivity index (χ1n) is 7.01. The van der Waals surface area contributed by atoms with E-state index in [1.165, 1.54) is 0 Å². The molecule has 2 unspecified atom stereocenters. The van der Waals surface area contributed by atoms with Gasteiger partial charge in [-0.15, -0.1) is 0 Å². The molecule has 1 aromatic rings. The number of para-hydroxylation sites is 1. The summed E-state index contributed by atoms with van der Waals surface area (Å²) in [7, 11) is 0. The van der Waals surface area contributed by atoms with Gasteiger partial charge in [-0.05, 0) is 24.8 Å². The van der Waals surface area contributed by atoms with Crippen LogP contribution in [0.2, 0.25) is 0 Å². The molecule has 0 aliphatic carbocycles. The lowest BCUT2D eigenvalue weighted by atomic mass is 9.87. The minimum Gasteiger partial charge on any atom is -0.389 e. The molecule has 0 heterocycles. The van der Waals surface area contributed by atoms with Crippen LogP contribution in [0.5, 0.6) is 0 Å². The molecule has 0 saturated heterocycles. The van der Waals surface area contributed by atoms with Crippen molar-refractivity contribution in [1.82, 2.24) is 0 Å². The van der Waals surface area contributed by atoms with E-state index in [-0.39, 0.29) is 23.8 Å². The van der Waals surface area contributed by atoms with Crippen LogP contribution in [0.25, 0.3) is 0 Å². The number of aliphatic hydroxyl groups is 1. The van der Waals surface area contributed by atoms with Gasteiger partial charge in [0.15, 0.2) is 0 Å². The van der Waals surface area contributed by atoms with E-state index in [4.69, 9.17) is 5.73 Å². The molecule has 0 aliphatic rings. The Morgan fingerprint density at radius 1 is 1.35 bits per heavy atom. The molecule has 0 fully saturated rings. The van der Waals surface area contributed by atoms with Crippen molar-refractivity contribution < 1.29 is 9.90 Å². The molecule has 1 rings (SSSR count). The Morgan fingerprint density at radius 2 is 1.95 bits per heavy atom. The zero-order chi connectivity index (χ0) is 15.3. The number of carbonyl (C=O) groups is 1. The number of benzene rings is 1. The maximum atomic E-state index is 12.0. The van der Waals surface area contributed by atoms with Gasteiger partial charge in [0, 0.05) is 23.7 Å². The molecular weight excluding hydrogens is 252 g/mol. The summed E-state index contributed by atoms with van der Waals surface area (Å²) < 4.78 is 0. The number of hydrogen-bond acceptors (Lipinski definition) is 3. The van der Waals surface area contributed by atoms with E-state index in [0.29, 0.717) is 11.3 Å². The molecule has 2 atom stereocenters. The van der Waals surface area contributed by atoms with Crippen LogP contribution in [-0.2, 0) is 4.79 Å². The molecule has 0 spiro atoms. The molecule has 1 amide bonds. The van der Waals surface area contributed by atoms with Gasteiger partial charge in [0.1, 0.15) is 0 Å². The molecule has 1 aromatic carbocycles. The maximum absolute atomic E-state index is 12.0. The Kier molecular flexibility index (Phi) is 5.72. The third-order valence-corrected chi connectivity index (χ3v) is 3.01. The first-order valence-corrected chi connectivity index (χ1v) is 7.01. The van der Waals surface area contributed by atoms with E-state index >= 15 is 0 Å². The topological polar surface area (TPSA) is 75.3 Å². The van der Waals surface area contributed by atoms with E-state index in [1.54, 1.807) is 19.1 Å². The lowest BCUT2D eigenvalue weighted by molar-refractivity contribution is -0.116. The molecule has 0 saturated carbocycles. The predicted molar refractivity (Wildman–Crippen MR) is 82.4 cm³/mol. The summed E-state index contributed by atoms with van der Waals surface area (Å²) in [6.07, 6.45) is 0.457. The molecule has 4 N–H and O–H groups in total. The van der Waals surface area contributed by atoms with Crippen LogP contribution in [0.4, 0.5) is 5.69 Å². The number of nitrogens with one attached hydrogen (secondary N) is 1. The number of carbonyl (C=O) groups excluding carboxylic acids is 1. The molecule has 20 heavy (non-hydrogen) atoms. The number of aliphatic hydroxyl groups excluding tert-OH is 1. The lowest BCUT2D eigenvalue weighted by Gasteiger charge is -2.23. The van der Waals surface area contributed by atoms with Crippen LogP contribution in [0, 0.1) is 5.41 Å². The fourth-order valence-corrected chi connectivity index (χ4v) is 2.27. The minimum absolute atomic E-state index is 0.108. The van der Waals surface area contributed by atoms with Gasteiger partial charge >= 0.3 is 0 Å². The number of anilines is 1. The first-order chi connectivity index (χ1) is 9.19. The van der Waals surface area contributed by atoms with Crippen LogP contribution in [0.15, 0.2) is 24.3 Å². The smallest absolute Gasteiger partial charge is 0.225 e. The van der Waals surface area contributed by atoms with Gasteiger partial charge in [0.2, 0.25) is 5.91 Å². The van der Waals surface area contributed by atoms with Crippen molar-refractivity contribution in [3.05, 3.63) is 29.8 Å². The second-order valence-electron chi connectivity index (χ2n) is 6.54. The summed E-state index contributed by atoms with van der Waals surface area (Å²) in [6, 6.07) is 7.10. The van der Waals surface area contributed by atoms with E-state index in [9.17, 15) is 9.90 Å². The highest BCUT2D eigenvalue weighted by Gasteiger charge is 2.19. The van der Waals surface area contributed by atoms with Gasteiger partial charge in [0.25, 0.3) is 0 Å². The van der Waals surface area contributed by atoms with Crippen LogP contribution < -0.4 is 11.1 Å². The predicted octanol–water partition coefficient (Wildman–Crippen LogP) is 2.83. The van der Waals surface area contributed by atoms with Gasteiger partial charge in [-0.3, -0.25) is 4.79 Å². The standard InChI is InChI=1S/C16H26N2O2/c1-11(19)13-7-5-6-8-14(13)18-15(20)9-12(17)10-16(2,3)4/h5-8,11-12,19H,9-10,17H2,1-4H3,(H,18,20). The highest BCUT2D eigenvalue weighted by atomic mass is 16.3. The van der Waals surface area contributed by atoms with Crippen molar-refractivity contribution in [2.45, 2.75) is 52.7 Å². The van der Waals surface area contributed by atoms with Crippen LogP contribution in [0.1, 0.15) is 52.2 Å². The van der Waals surface area contributed by atoms with Crippen molar-refractivity contribution >= 4 is 11.6 Å². The summed E-state index contributed by atoms with van der Waals surface area (Å²) in [6.45, 7) is 7.99. The van der Waals surface area contributed by atoms with E-state index in [1.807, 2.05) is 12.1 Å². The normalized spacial score (nSPS) is 14.7. The summed E-state index contributed by atoms with van der Waals surface area (Å²) in [4.78, 5) is 12.0. The third-order valence-electron chi connectivity index (χ3n) is 3.01. The van der Waals surface area contributed by atoms with Crippen LogP contribution >= 0.6 is 0 Å². The van der Waals surface area contributed by atoms with E-state index in [0.717, 1.165) is 6.42 Å². The minimum atomic E-state index is -0.616. The Labute approximate surface area is 121 Å². The highest BCUT2D eigenvalue weighted by molar-refractivity contribution is 5.91.